The molecule has 24 heavy (non-hydrogen) atoms. The van der Waals surface area contributed by atoms with Crippen LogP contribution in [0.3, 0.4) is 0 Å². The molecule has 0 saturated carbocycles. The molecular formula is C19H24N2O3. The van der Waals surface area contributed by atoms with Crippen LogP contribution < -0.4 is 20.1 Å². The van der Waals surface area contributed by atoms with Gasteiger partial charge >= 0.3 is 0 Å². The lowest BCUT2D eigenvalue weighted by molar-refractivity contribution is -0.115. The number of benzene rings is 2. The summed E-state index contributed by atoms with van der Waals surface area (Å²) in [6, 6.07) is 13.6. The SMILES string of the molecule is COc1ccc(CCNCC(=O)Nc2ccccc2C)cc1OC. The van der Waals surface area contributed by atoms with Crippen molar-refractivity contribution in [1.29, 1.82) is 0 Å². The Morgan fingerprint density at radius 1 is 1.04 bits per heavy atom. The van der Waals surface area contributed by atoms with Crippen molar-refractivity contribution in [1.82, 2.24) is 5.32 Å². The molecule has 0 fully saturated rings. The zero-order valence-corrected chi connectivity index (χ0v) is 14.4. The van der Waals surface area contributed by atoms with E-state index >= 15 is 0 Å². The molecular weight excluding hydrogens is 304 g/mol. The molecule has 0 unspecified atom stereocenters. The van der Waals surface area contributed by atoms with Crippen LogP contribution in [0.4, 0.5) is 5.69 Å². The minimum atomic E-state index is -0.0448. The molecule has 2 aromatic rings. The normalized spacial score (nSPS) is 10.3. The van der Waals surface area contributed by atoms with Crippen LogP contribution >= 0.6 is 0 Å². The first-order chi connectivity index (χ1) is 11.6. The van der Waals surface area contributed by atoms with Crippen molar-refractivity contribution in [3.05, 3.63) is 53.6 Å². The first-order valence-electron chi connectivity index (χ1n) is 7.91. The quantitative estimate of drug-likeness (QED) is 0.732. The number of carbonyl (C=O) groups is 1. The lowest BCUT2D eigenvalue weighted by atomic mass is 10.1. The summed E-state index contributed by atoms with van der Waals surface area (Å²) in [4.78, 5) is 11.9. The Labute approximate surface area is 143 Å². The van der Waals surface area contributed by atoms with Gasteiger partial charge in [0.05, 0.1) is 20.8 Å². The van der Waals surface area contributed by atoms with Crippen LogP contribution in [0.1, 0.15) is 11.1 Å². The summed E-state index contributed by atoms with van der Waals surface area (Å²) in [5.41, 5.74) is 3.03. The van der Waals surface area contributed by atoms with Gasteiger partial charge < -0.3 is 20.1 Å². The van der Waals surface area contributed by atoms with Crippen molar-refractivity contribution >= 4 is 11.6 Å². The van der Waals surface area contributed by atoms with Crippen molar-refractivity contribution in [2.75, 3.05) is 32.6 Å². The number of para-hydroxylation sites is 1. The molecule has 0 aliphatic rings. The van der Waals surface area contributed by atoms with Crippen LogP contribution in [0.15, 0.2) is 42.5 Å². The Morgan fingerprint density at radius 3 is 2.50 bits per heavy atom. The topological polar surface area (TPSA) is 59.6 Å². The molecule has 0 spiro atoms. The highest BCUT2D eigenvalue weighted by molar-refractivity contribution is 5.92. The second-order valence-electron chi connectivity index (χ2n) is 5.48. The lowest BCUT2D eigenvalue weighted by Gasteiger charge is -2.11. The number of amides is 1. The molecule has 2 aromatic carbocycles. The number of aryl methyl sites for hydroxylation is 1. The van der Waals surface area contributed by atoms with Gasteiger partial charge in [0.15, 0.2) is 11.5 Å². The fourth-order valence-corrected chi connectivity index (χ4v) is 2.38. The van der Waals surface area contributed by atoms with Crippen molar-refractivity contribution < 1.29 is 14.3 Å². The molecule has 128 valence electrons. The molecule has 5 heteroatoms. The molecule has 0 saturated heterocycles. The van der Waals surface area contributed by atoms with Gasteiger partial charge in [-0.05, 0) is 49.2 Å². The van der Waals surface area contributed by atoms with Crippen molar-refractivity contribution in [3.63, 3.8) is 0 Å². The molecule has 5 nitrogen and oxygen atoms in total. The minimum Gasteiger partial charge on any atom is -0.493 e. The number of anilines is 1. The number of ether oxygens (including phenoxy) is 2. The number of rotatable bonds is 8. The number of methoxy groups -OCH3 is 2. The second kappa shape index (κ2) is 8.93. The van der Waals surface area contributed by atoms with Gasteiger partial charge in [0.2, 0.25) is 5.91 Å². The van der Waals surface area contributed by atoms with Gasteiger partial charge in [0, 0.05) is 5.69 Å². The number of hydrogen-bond acceptors (Lipinski definition) is 4. The smallest absolute Gasteiger partial charge is 0.238 e. The van der Waals surface area contributed by atoms with Crippen LogP contribution in [0.2, 0.25) is 0 Å². The van der Waals surface area contributed by atoms with Crippen molar-refractivity contribution in [2.24, 2.45) is 0 Å². The zero-order chi connectivity index (χ0) is 17.4. The molecule has 0 heterocycles. The van der Waals surface area contributed by atoms with Crippen LogP contribution in [0.25, 0.3) is 0 Å². The van der Waals surface area contributed by atoms with Gasteiger partial charge in [-0.15, -0.1) is 0 Å². The van der Waals surface area contributed by atoms with E-state index in [1.807, 2.05) is 49.4 Å². The maximum Gasteiger partial charge on any atom is 0.238 e. The molecule has 0 bridgehead atoms. The summed E-state index contributed by atoms with van der Waals surface area (Å²) < 4.78 is 10.5. The molecule has 0 aromatic heterocycles. The summed E-state index contributed by atoms with van der Waals surface area (Å²) in [6.07, 6.45) is 0.804. The summed E-state index contributed by atoms with van der Waals surface area (Å²) in [6.45, 7) is 2.96. The molecule has 0 radical (unpaired) electrons. The number of carbonyl (C=O) groups excluding carboxylic acids is 1. The van der Waals surface area contributed by atoms with Crippen LogP contribution in [-0.4, -0.2) is 33.2 Å². The van der Waals surface area contributed by atoms with Gasteiger partial charge in [-0.25, -0.2) is 0 Å². The lowest BCUT2D eigenvalue weighted by Crippen LogP contribution is -2.29. The van der Waals surface area contributed by atoms with E-state index in [0.29, 0.717) is 18.0 Å². The summed E-state index contributed by atoms with van der Waals surface area (Å²) >= 11 is 0. The molecule has 0 atom stereocenters. The minimum absolute atomic E-state index is 0.0448. The van der Waals surface area contributed by atoms with E-state index in [0.717, 1.165) is 23.2 Å². The largest absolute Gasteiger partial charge is 0.493 e. The van der Waals surface area contributed by atoms with Crippen LogP contribution in [0.5, 0.6) is 11.5 Å². The third-order valence-electron chi connectivity index (χ3n) is 3.74. The van der Waals surface area contributed by atoms with E-state index in [1.54, 1.807) is 14.2 Å². The Kier molecular flexibility index (Phi) is 6.63. The maximum atomic E-state index is 11.9. The fourth-order valence-electron chi connectivity index (χ4n) is 2.38. The van der Waals surface area contributed by atoms with Gasteiger partial charge in [0.1, 0.15) is 0 Å². The van der Waals surface area contributed by atoms with Gasteiger partial charge in [-0.3, -0.25) is 4.79 Å². The highest BCUT2D eigenvalue weighted by Gasteiger charge is 2.06. The standard InChI is InChI=1S/C19H24N2O3/c1-14-6-4-5-7-16(14)21-19(22)13-20-11-10-15-8-9-17(23-2)18(12-15)24-3/h4-9,12,20H,10-11,13H2,1-3H3,(H,21,22). The van der Waals surface area contributed by atoms with E-state index in [2.05, 4.69) is 10.6 Å². The third-order valence-corrected chi connectivity index (χ3v) is 3.74. The highest BCUT2D eigenvalue weighted by atomic mass is 16.5. The molecule has 2 N–H and O–H groups in total. The summed E-state index contributed by atoms with van der Waals surface area (Å²) in [5.74, 6) is 1.38. The average Bonchev–Trinajstić information content (AvgIpc) is 2.60. The monoisotopic (exact) mass is 328 g/mol. The Bertz CT molecular complexity index is 686. The van der Waals surface area contributed by atoms with Gasteiger partial charge in [-0.2, -0.15) is 0 Å². The van der Waals surface area contributed by atoms with Crippen LogP contribution in [0, 0.1) is 6.92 Å². The van der Waals surface area contributed by atoms with Crippen LogP contribution in [-0.2, 0) is 11.2 Å². The Morgan fingerprint density at radius 2 is 1.79 bits per heavy atom. The fraction of sp³-hybridized carbons (Fsp3) is 0.316. The predicted molar refractivity (Wildman–Crippen MR) is 95.9 cm³/mol. The summed E-state index contributed by atoms with van der Waals surface area (Å²) in [7, 11) is 3.24. The molecule has 1 amide bonds. The molecule has 0 aliphatic heterocycles. The average molecular weight is 328 g/mol. The Hall–Kier alpha value is -2.53. The van der Waals surface area contributed by atoms with E-state index in [4.69, 9.17) is 9.47 Å². The van der Waals surface area contributed by atoms with E-state index in [-0.39, 0.29) is 12.5 Å². The van der Waals surface area contributed by atoms with Gasteiger partial charge in [-0.1, -0.05) is 24.3 Å². The second-order valence-corrected chi connectivity index (χ2v) is 5.48. The van der Waals surface area contributed by atoms with E-state index < -0.39 is 0 Å². The third kappa shape index (κ3) is 4.99. The summed E-state index contributed by atoms with van der Waals surface area (Å²) in [5, 5.41) is 6.06. The van der Waals surface area contributed by atoms with E-state index in [9.17, 15) is 4.79 Å². The zero-order valence-electron chi connectivity index (χ0n) is 14.4. The van der Waals surface area contributed by atoms with E-state index in [1.165, 1.54) is 0 Å². The van der Waals surface area contributed by atoms with Crippen molar-refractivity contribution in [3.8, 4) is 11.5 Å². The first kappa shape index (κ1) is 17.8. The van der Waals surface area contributed by atoms with Crippen molar-refractivity contribution in [2.45, 2.75) is 13.3 Å². The van der Waals surface area contributed by atoms with Gasteiger partial charge in [0.25, 0.3) is 0 Å². The number of hydrogen-bond donors (Lipinski definition) is 2. The molecule has 0 aliphatic carbocycles. The molecule has 2 rings (SSSR count). The predicted octanol–water partition coefficient (Wildman–Crippen LogP) is 2.78. The maximum absolute atomic E-state index is 11.9. The first-order valence-corrected chi connectivity index (χ1v) is 7.91. The highest BCUT2D eigenvalue weighted by Crippen LogP contribution is 2.27. The Balaban J connectivity index is 1.76. The number of nitrogens with one attached hydrogen (secondary N) is 2.